The molecule has 2 heterocycles. The molecule has 10 heteroatoms. The molecule has 1 aliphatic heterocycles. The van der Waals surface area contributed by atoms with Crippen LogP contribution in [0.15, 0.2) is 57.2 Å². The van der Waals surface area contributed by atoms with Gasteiger partial charge in [0.2, 0.25) is 5.88 Å². The van der Waals surface area contributed by atoms with Crippen molar-refractivity contribution in [1.82, 2.24) is 15.0 Å². The highest BCUT2D eigenvalue weighted by Crippen LogP contribution is 2.34. The molecule has 0 fully saturated rings. The van der Waals surface area contributed by atoms with Crippen molar-refractivity contribution < 1.29 is 14.6 Å². The first-order valence-corrected chi connectivity index (χ1v) is 9.69. The van der Waals surface area contributed by atoms with E-state index < -0.39 is 17.1 Å². The number of nitrogens with one attached hydrogen (secondary N) is 2. The van der Waals surface area contributed by atoms with Crippen molar-refractivity contribution in [2.24, 2.45) is 5.10 Å². The largest absolute Gasteiger partial charge is 0.497 e. The molecule has 0 spiro atoms. The molecule has 0 amide bonds. The minimum atomic E-state index is -0.784. The second-order valence-electron chi connectivity index (χ2n) is 6.83. The van der Waals surface area contributed by atoms with E-state index in [-0.39, 0.29) is 18.0 Å². The van der Waals surface area contributed by atoms with Gasteiger partial charge in [0.25, 0.3) is 5.56 Å². The van der Waals surface area contributed by atoms with E-state index in [1.54, 1.807) is 44.6 Å². The van der Waals surface area contributed by atoms with Gasteiger partial charge in [-0.2, -0.15) is 5.10 Å². The van der Waals surface area contributed by atoms with E-state index in [1.165, 1.54) is 6.07 Å². The molecular formula is C21H19ClN4O5. The van der Waals surface area contributed by atoms with Gasteiger partial charge in [-0.25, -0.2) is 9.36 Å². The van der Waals surface area contributed by atoms with Gasteiger partial charge in [-0.1, -0.05) is 17.7 Å². The van der Waals surface area contributed by atoms with Crippen LogP contribution in [0.25, 0.3) is 5.69 Å². The Morgan fingerprint density at radius 3 is 2.68 bits per heavy atom. The van der Waals surface area contributed by atoms with Crippen LogP contribution in [-0.2, 0) is 0 Å². The summed E-state index contributed by atoms with van der Waals surface area (Å²) in [6.07, 6.45) is 0.285. The maximum absolute atomic E-state index is 12.5. The number of ether oxygens (including phenoxy) is 2. The molecule has 1 aliphatic rings. The Kier molecular flexibility index (Phi) is 5.43. The van der Waals surface area contributed by atoms with Crippen LogP contribution >= 0.6 is 11.6 Å². The Morgan fingerprint density at radius 2 is 1.97 bits per heavy atom. The molecule has 1 unspecified atom stereocenters. The fraction of sp³-hybridized carbons (Fsp3) is 0.190. The number of H-pyrrole nitrogens is 1. The normalized spacial score (nSPS) is 15.3. The zero-order valence-electron chi connectivity index (χ0n) is 16.7. The average Bonchev–Trinajstić information content (AvgIpc) is 3.22. The molecule has 0 saturated carbocycles. The second kappa shape index (κ2) is 8.19. The van der Waals surface area contributed by atoms with E-state index >= 15 is 0 Å². The number of halogens is 1. The molecule has 2 aromatic carbocycles. The highest BCUT2D eigenvalue weighted by molar-refractivity contribution is 6.30. The Balaban J connectivity index is 1.73. The highest BCUT2D eigenvalue weighted by Gasteiger charge is 2.29. The fourth-order valence-electron chi connectivity index (χ4n) is 3.52. The lowest BCUT2D eigenvalue weighted by Crippen LogP contribution is -2.33. The number of hydrogen-bond acceptors (Lipinski definition) is 7. The van der Waals surface area contributed by atoms with E-state index in [0.29, 0.717) is 27.9 Å². The number of nitrogens with zero attached hydrogens (tertiary/aromatic N) is 2. The molecule has 160 valence electrons. The first kappa shape index (κ1) is 20.5. The first-order valence-electron chi connectivity index (χ1n) is 9.31. The molecule has 3 N–H and O–H groups in total. The zero-order valence-corrected chi connectivity index (χ0v) is 17.4. The van der Waals surface area contributed by atoms with Gasteiger partial charge in [0.1, 0.15) is 17.1 Å². The van der Waals surface area contributed by atoms with Crippen LogP contribution in [0.3, 0.4) is 0 Å². The summed E-state index contributed by atoms with van der Waals surface area (Å²) in [7, 11) is 3.11. The summed E-state index contributed by atoms with van der Waals surface area (Å²) in [4.78, 5) is 27.2. The average molecular weight is 443 g/mol. The van der Waals surface area contributed by atoms with Crippen molar-refractivity contribution in [3.63, 3.8) is 0 Å². The Morgan fingerprint density at radius 1 is 1.16 bits per heavy atom. The minimum absolute atomic E-state index is 0.0953. The molecular weight excluding hydrogens is 424 g/mol. The number of benzene rings is 2. The number of hydrazone groups is 1. The summed E-state index contributed by atoms with van der Waals surface area (Å²) in [5, 5.41) is 15.5. The Hall–Kier alpha value is -3.72. The zero-order chi connectivity index (χ0) is 22.1. The van der Waals surface area contributed by atoms with Gasteiger partial charge in [0.15, 0.2) is 0 Å². The van der Waals surface area contributed by atoms with E-state index in [9.17, 15) is 14.7 Å². The van der Waals surface area contributed by atoms with E-state index in [0.717, 1.165) is 10.1 Å². The van der Waals surface area contributed by atoms with Gasteiger partial charge >= 0.3 is 5.69 Å². The number of aromatic nitrogens is 2. The molecule has 0 saturated heterocycles. The van der Waals surface area contributed by atoms with Crippen LogP contribution in [0, 0.1) is 0 Å². The summed E-state index contributed by atoms with van der Waals surface area (Å²) in [5.74, 6) is 0.719. The monoisotopic (exact) mass is 442 g/mol. The van der Waals surface area contributed by atoms with Gasteiger partial charge < -0.3 is 20.0 Å². The van der Waals surface area contributed by atoms with Crippen molar-refractivity contribution in [1.29, 1.82) is 0 Å². The maximum Gasteiger partial charge on any atom is 0.335 e. The predicted molar refractivity (Wildman–Crippen MR) is 116 cm³/mol. The van der Waals surface area contributed by atoms with Crippen LogP contribution in [0.1, 0.15) is 23.6 Å². The molecule has 3 aromatic rings. The van der Waals surface area contributed by atoms with E-state index in [2.05, 4.69) is 15.5 Å². The standard InChI is InChI=1S/C21H19ClN4O5/c1-30-13-6-7-14(17(9-13)31-2)15-10-16(25-24-15)18-19(27)23-21(29)26(20(18)28)12-5-3-4-11(22)8-12/h3-9,15,24,28H,10H2,1-2H3,(H,23,27,29). The van der Waals surface area contributed by atoms with Gasteiger partial charge in [-0.05, 0) is 30.3 Å². The van der Waals surface area contributed by atoms with Crippen LogP contribution in [0.5, 0.6) is 17.4 Å². The SMILES string of the molecule is COc1ccc(C2CC(c3c(O)n(-c4cccc(Cl)c4)c(=O)[nH]c3=O)=NN2)c(OC)c1. The third kappa shape index (κ3) is 3.75. The highest BCUT2D eigenvalue weighted by atomic mass is 35.5. The van der Waals surface area contributed by atoms with E-state index in [4.69, 9.17) is 21.1 Å². The lowest BCUT2D eigenvalue weighted by atomic mass is 9.99. The molecule has 4 rings (SSSR count). The number of rotatable bonds is 5. The van der Waals surface area contributed by atoms with Crippen molar-refractivity contribution in [2.75, 3.05) is 14.2 Å². The maximum atomic E-state index is 12.5. The van der Waals surface area contributed by atoms with Gasteiger partial charge in [0, 0.05) is 23.1 Å². The molecule has 9 nitrogen and oxygen atoms in total. The molecule has 0 aliphatic carbocycles. The second-order valence-corrected chi connectivity index (χ2v) is 7.26. The summed E-state index contributed by atoms with van der Waals surface area (Å²) in [6.45, 7) is 0. The lowest BCUT2D eigenvalue weighted by Gasteiger charge is -2.16. The smallest absolute Gasteiger partial charge is 0.335 e. The van der Waals surface area contributed by atoms with Gasteiger partial charge in [-0.3, -0.25) is 9.78 Å². The summed E-state index contributed by atoms with van der Waals surface area (Å²) < 4.78 is 11.6. The summed E-state index contributed by atoms with van der Waals surface area (Å²) in [6, 6.07) is 11.4. The number of hydrogen-bond donors (Lipinski definition) is 3. The molecule has 31 heavy (non-hydrogen) atoms. The first-order chi connectivity index (χ1) is 14.9. The third-order valence-electron chi connectivity index (χ3n) is 5.01. The van der Waals surface area contributed by atoms with Crippen LogP contribution < -0.4 is 26.1 Å². The van der Waals surface area contributed by atoms with Gasteiger partial charge in [-0.15, -0.1) is 0 Å². The molecule has 1 atom stereocenters. The Labute approximate surface area is 181 Å². The van der Waals surface area contributed by atoms with Crippen molar-refractivity contribution in [3.8, 4) is 23.1 Å². The molecule has 1 aromatic heterocycles. The Bertz CT molecular complexity index is 1300. The van der Waals surface area contributed by atoms with Crippen LogP contribution in [-0.4, -0.2) is 34.6 Å². The van der Waals surface area contributed by atoms with Crippen molar-refractivity contribution in [3.05, 3.63) is 79.5 Å². The lowest BCUT2D eigenvalue weighted by molar-refractivity contribution is 0.386. The third-order valence-corrected chi connectivity index (χ3v) is 5.24. The predicted octanol–water partition coefficient (Wildman–Crippen LogP) is 2.34. The van der Waals surface area contributed by atoms with Crippen LogP contribution in [0.2, 0.25) is 5.02 Å². The van der Waals surface area contributed by atoms with Crippen molar-refractivity contribution >= 4 is 17.3 Å². The quantitative estimate of drug-likeness (QED) is 0.558. The summed E-state index contributed by atoms with van der Waals surface area (Å²) >= 11 is 6.01. The summed E-state index contributed by atoms with van der Waals surface area (Å²) in [5.41, 5.74) is 2.78. The number of methoxy groups -OCH3 is 2. The van der Waals surface area contributed by atoms with Crippen LogP contribution in [0.4, 0.5) is 0 Å². The minimum Gasteiger partial charge on any atom is -0.497 e. The molecule has 0 radical (unpaired) electrons. The fourth-order valence-corrected chi connectivity index (χ4v) is 3.71. The number of aromatic amines is 1. The van der Waals surface area contributed by atoms with Gasteiger partial charge in [0.05, 0.1) is 31.7 Å². The molecule has 0 bridgehead atoms. The van der Waals surface area contributed by atoms with Crippen molar-refractivity contribution in [2.45, 2.75) is 12.5 Å². The number of aromatic hydroxyl groups is 1. The topological polar surface area (TPSA) is 118 Å². The van der Waals surface area contributed by atoms with E-state index in [1.807, 2.05) is 6.07 Å².